The van der Waals surface area contributed by atoms with E-state index in [0.29, 0.717) is 0 Å². The summed E-state index contributed by atoms with van der Waals surface area (Å²) in [6, 6.07) is 6.03. The maximum Gasteiger partial charge on any atom is 0.251 e. The lowest BCUT2D eigenvalue weighted by Crippen LogP contribution is -2.27. The van der Waals surface area contributed by atoms with Crippen LogP contribution in [0, 0.1) is 18.8 Å². The van der Waals surface area contributed by atoms with Gasteiger partial charge in [-0.15, -0.1) is 0 Å². The topological polar surface area (TPSA) is 38.3 Å². The number of benzene rings is 1. The molecule has 3 rings (SSSR count). The third kappa shape index (κ3) is 7.90. The molecule has 0 atom stereocenters. The van der Waals surface area contributed by atoms with Crippen LogP contribution in [0.2, 0.25) is 0 Å². The monoisotopic (exact) mass is 463 g/mol. The zero-order valence-corrected chi connectivity index (χ0v) is 20.0. The molecule has 29 heavy (non-hydrogen) atoms. The average molecular weight is 464 g/mol. The highest BCUT2D eigenvalue weighted by Gasteiger charge is 2.17. The Morgan fingerprint density at radius 1 is 1.17 bits per heavy atom. The van der Waals surface area contributed by atoms with Gasteiger partial charge in [0.25, 0.3) is 5.91 Å². The molecule has 2 fully saturated rings. The van der Waals surface area contributed by atoms with Crippen LogP contribution >= 0.6 is 15.9 Å². The Hall–Kier alpha value is -1.13. The number of ether oxygens (including phenoxy) is 1. The van der Waals surface area contributed by atoms with Crippen LogP contribution in [0.1, 0.15) is 76.3 Å². The Balaban J connectivity index is 0.000000426. The van der Waals surface area contributed by atoms with Gasteiger partial charge in [-0.05, 0) is 44.2 Å². The second-order valence-corrected chi connectivity index (χ2v) is 9.20. The molecule has 0 aromatic heterocycles. The molecule has 1 amide bonds. The molecular weight excluding hydrogens is 426 g/mol. The molecule has 4 heteroatoms. The summed E-state index contributed by atoms with van der Waals surface area (Å²) in [6.45, 7) is 8.98. The summed E-state index contributed by atoms with van der Waals surface area (Å²) in [4.78, 5) is 12.6. The molecule has 1 heterocycles. The van der Waals surface area contributed by atoms with Crippen LogP contribution in [-0.4, -0.2) is 25.7 Å². The number of carbonyl (C=O) groups is 1. The molecule has 1 aromatic rings. The van der Waals surface area contributed by atoms with Crippen molar-refractivity contribution in [3.63, 3.8) is 0 Å². The number of halogens is 1. The van der Waals surface area contributed by atoms with Gasteiger partial charge in [-0.25, -0.2) is 0 Å². The van der Waals surface area contributed by atoms with Crippen LogP contribution in [-0.2, 0) is 9.53 Å². The van der Waals surface area contributed by atoms with Crippen LogP contribution < -0.4 is 5.32 Å². The average Bonchev–Trinajstić information content (AvgIpc) is 2.93. The van der Waals surface area contributed by atoms with Gasteiger partial charge in [0.15, 0.2) is 0 Å². The first-order chi connectivity index (χ1) is 14.1. The molecule has 1 aromatic carbocycles. The minimum atomic E-state index is 0.0381. The molecule has 0 bridgehead atoms. The van der Waals surface area contributed by atoms with Crippen molar-refractivity contribution in [3.8, 4) is 0 Å². The molecule has 0 spiro atoms. The Morgan fingerprint density at radius 2 is 1.86 bits per heavy atom. The number of aryl methyl sites for hydroxylation is 1. The van der Waals surface area contributed by atoms with E-state index in [4.69, 9.17) is 4.74 Å². The molecule has 3 nitrogen and oxygen atoms in total. The maximum atomic E-state index is 12.6. The number of amides is 1. The Kier molecular flexibility index (Phi) is 11.0. The zero-order valence-electron chi connectivity index (χ0n) is 18.4. The van der Waals surface area contributed by atoms with E-state index >= 15 is 0 Å². The van der Waals surface area contributed by atoms with E-state index in [9.17, 15) is 4.79 Å². The molecule has 1 aliphatic carbocycles. The summed E-state index contributed by atoms with van der Waals surface area (Å²) in [5.41, 5.74) is 2.88. The fourth-order valence-corrected chi connectivity index (χ4v) is 4.70. The number of nitrogens with one attached hydrogen (secondary N) is 1. The van der Waals surface area contributed by atoms with Gasteiger partial charge >= 0.3 is 0 Å². The molecule has 0 radical (unpaired) electrons. The van der Waals surface area contributed by atoms with E-state index in [1.165, 1.54) is 44.9 Å². The van der Waals surface area contributed by atoms with E-state index in [-0.39, 0.29) is 5.91 Å². The minimum absolute atomic E-state index is 0.0381. The van der Waals surface area contributed by atoms with Crippen LogP contribution in [0.5, 0.6) is 0 Å². The van der Waals surface area contributed by atoms with Gasteiger partial charge < -0.3 is 10.1 Å². The van der Waals surface area contributed by atoms with E-state index < -0.39 is 0 Å². The molecule has 1 N–H and O–H groups in total. The van der Waals surface area contributed by atoms with Crippen molar-refractivity contribution in [2.24, 2.45) is 11.8 Å². The third-order valence-corrected chi connectivity index (χ3v) is 6.78. The van der Waals surface area contributed by atoms with Gasteiger partial charge in [-0.2, -0.15) is 0 Å². The summed E-state index contributed by atoms with van der Waals surface area (Å²) in [5.74, 6) is 1.72. The SMILES string of the molecule is C/C=C(/C(=O)NCCC1CCCCCC1)c1c(C)cccc1Br.CCC1COC1. The van der Waals surface area contributed by atoms with Gasteiger partial charge in [0.05, 0.1) is 13.2 Å². The van der Waals surface area contributed by atoms with E-state index in [1.54, 1.807) is 0 Å². The van der Waals surface area contributed by atoms with Crippen molar-refractivity contribution in [1.82, 2.24) is 5.32 Å². The molecule has 1 saturated carbocycles. The van der Waals surface area contributed by atoms with Crippen LogP contribution in [0.3, 0.4) is 0 Å². The maximum absolute atomic E-state index is 12.6. The lowest BCUT2D eigenvalue weighted by atomic mass is 9.96. The number of rotatable bonds is 6. The summed E-state index contributed by atoms with van der Waals surface area (Å²) < 4.78 is 5.90. The van der Waals surface area contributed by atoms with E-state index in [0.717, 1.165) is 59.2 Å². The highest BCUT2D eigenvalue weighted by atomic mass is 79.9. The van der Waals surface area contributed by atoms with E-state index in [2.05, 4.69) is 28.2 Å². The van der Waals surface area contributed by atoms with Gasteiger partial charge in [-0.1, -0.05) is 79.6 Å². The number of allylic oxidation sites excluding steroid dienone is 1. The molecule has 0 unspecified atom stereocenters. The standard InChI is InChI=1S/C20H28BrNO.C5H10O/c1-3-17(19-15(2)9-8-12-18(19)21)20(23)22-14-13-16-10-6-4-5-7-11-16;1-2-5-3-6-4-5/h3,8-9,12,16H,4-7,10-11,13-14H2,1-2H3,(H,22,23);5H,2-4H2,1H3/b17-3+;. The Bertz CT molecular complexity index is 636. The fraction of sp³-hybridized carbons (Fsp3) is 0.640. The summed E-state index contributed by atoms with van der Waals surface area (Å²) in [6.07, 6.45) is 12.4. The molecule has 1 saturated heterocycles. The molecule has 1 aliphatic heterocycles. The van der Waals surface area contributed by atoms with Crippen molar-refractivity contribution in [1.29, 1.82) is 0 Å². The predicted molar refractivity (Wildman–Crippen MR) is 126 cm³/mol. The van der Waals surface area contributed by atoms with Gasteiger partial charge in [0.1, 0.15) is 0 Å². The van der Waals surface area contributed by atoms with Crippen molar-refractivity contribution < 1.29 is 9.53 Å². The summed E-state index contributed by atoms with van der Waals surface area (Å²) >= 11 is 3.58. The zero-order chi connectivity index (χ0) is 21.1. The van der Waals surface area contributed by atoms with Gasteiger partial charge in [-0.3, -0.25) is 4.79 Å². The molecular formula is C25H38BrNO2. The lowest BCUT2D eigenvalue weighted by Gasteiger charge is -2.23. The molecule has 2 aliphatic rings. The fourth-order valence-electron chi connectivity index (χ4n) is 4.02. The first-order valence-corrected chi connectivity index (χ1v) is 12.1. The van der Waals surface area contributed by atoms with Crippen LogP contribution in [0.15, 0.2) is 28.7 Å². The van der Waals surface area contributed by atoms with Crippen molar-refractivity contribution >= 4 is 27.4 Å². The van der Waals surface area contributed by atoms with Crippen LogP contribution in [0.4, 0.5) is 0 Å². The Labute approximate surface area is 185 Å². The molecule has 162 valence electrons. The minimum Gasteiger partial charge on any atom is -0.381 e. The third-order valence-electron chi connectivity index (χ3n) is 6.12. The lowest BCUT2D eigenvalue weighted by molar-refractivity contribution is -0.115. The number of carbonyl (C=O) groups excluding carboxylic acids is 1. The highest BCUT2D eigenvalue weighted by Crippen LogP contribution is 2.28. The first kappa shape index (κ1) is 24.1. The second kappa shape index (κ2) is 13.2. The largest absolute Gasteiger partial charge is 0.381 e. The first-order valence-electron chi connectivity index (χ1n) is 11.3. The predicted octanol–water partition coefficient (Wildman–Crippen LogP) is 6.68. The quantitative estimate of drug-likeness (QED) is 0.377. The number of hydrogen-bond donors (Lipinski definition) is 1. The summed E-state index contributed by atoms with van der Waals surface area (Å²) in [7, 11) is 0. The van der Waals surface area contributed by atoms with Gasteiger partial charge in [0.2, 0.25) is 0 Å². The second-order valence-electron chi connectivity index (χ2n) is 8.35. The van der Waals surface area contributed by atoms with E-state index in [1.807, 2.05) is 38.1 Å². The smallest absolute Gasteiger partial charge is 0.251 e. The Morgan fingerprint density at radius 3 is 2.34 bits per heavy atom. The van der Waals surface area contributed by atoms with Gasteiger partial charge in [0, 0.05) is 28.1 Å². The van der Waals surface area contributed by atoms with Crippen molar-refractivity contribution in [3.05, 3.63) is 39.9 Å². The van der Waals surface area contributed by atoms with Crippen molar-refractivity contribution in [2.75, 3.05) is 19.8 Å². The van der Waals surface area contributed by atoms with Crippen LogP contribution in [0.25, 0.3) is 5.57 Å². The van der Waals surface area contributed by atoms with Crippen molar-refractivity contribution in [2.45, 2.75) is 72.1 Å². The normalized spacial score (nSPS) is 18.3. The summed E-state index contributed by atoms with van der Waals surface area (Å²) in [5, 5.41) is 3.13. The number of hydrogen-bond acceptors (Lipinski definition) is 2. The highest BCUT2D eigenvalue weighted by molar-refractivity contribution is 9.10.